The fraction of sp³-hybridized carbons (Fsp3) is 0.353. The topological polar surface area (TPSA) is 42.2 Å². The molecule has 2 rings (SSSR count). The summed E-state index contributed by atoms with van der Waals surface area (Å²) in [6, 6.07) is 14.6. The fourth-order valence-electron chi connectivity index (χ4n) is 2.31. The standard InChI is InChI=1S/C17H23N3/c1-2-3-14-20(16-9-5-4-6-10-16)17-15(11-12-18)8-7-13-19-17/h4-10,13H,2-3,11-12,14,18H2,1H3. The molecule has 1 aromatic carbocycles. The Morgan fingerprint density at radius 2 is 1.90 bits per heavy atom. The van der Waals surface area contributed by atoms with Gasteiger partial charge in [-0.2, -0.15) is 0 Å². The van der Waals surface area contributed by atoms with Crippen LogP contribution in [-0.4, -0.2) is 18.1 Å². The summed E-state index contributed by atoms with van der Waals surface area (Å²) < 4.78 is 0. The Hall–Kier alpha value is -1.87. The van der Waals surface area contributed by atoms with E-state index in [0.29, 0.717) is 6.54 Å². The molecule has 0 aliphatic rings. The quantitative estimate of drug-likeness (QED) is 0.836. The third-order valence-electron chi connectivity index (χ3n) is 3.34. The van der Waals surface area contributed by atoms with Crippen LogP contribution in [0.5, 0.6) is 0 Å². The SMILES string of the molecule is CCCCN(c1ccccc1)c1ncccc1CCN. The van der Waals surface area contributed by atoms with E-state index >= 15 is 0 Å². The van der Waals surface area contributed by atoms with Gasteiger partial charge in [-0.3, -0.25) is 0 Å². The number of nitrogens with zero attached hydrogens (tertiary/aromatic N) is 2. The lowest BCUT2D eigenvalue weighted by molar-refractivity contribution is 0.774. The van der Waals surface area contributed by atoms with Crippen LogP contribution in [-0.2, 0) is 6.42 Å². The lowest BCUT2D eigenvalue weighted by Crippen LogP contribution is -2.21. The molecule has 0 saturated heterocycles. The molecule has 0 unspecified atom stereocenters. The molecule has 0 fully saturated rings. The molecule has 0 atom stereocenters. The van der Waals surface area contributed by atoms with Gasteiger partial charge in [0.25, 0.3) is 0 Å². The summed E-state index contributed by atoms with van der Waals surface area (Å²) in [7, 11) is 0. The van der Waals surface area contributed by atoms with Crippen LogP contribution in [0.4, 0.5) is 11.5 Å². The Kier molecular flexibility index (Phi) is 5.56. The van der Waals surface area contributed by atoms with Crippen molar-refractivity contribution >= 4 is 11.5 Å². The summed E-state index contributed by atoms with van der Waals surface area (Å²) in [6.45, 7) is 3.84. The van der Waals surface area contributed by atoms with Gasteiger partial charge in [0.1, 0.15) is 5.82 Å². The van der Waals surface area contributed by atoms with Crippen LogP contribution in [0.15, 0.2) is 48.7 Å². The maximum Gasteiger partial charge on any atom is 0.136 e. The van der Waals surface area contributed by atoms with Crippen molar-refractivity contribution in [3.63, 3.8) is 0 Å². The zero-order chi connectivity index (χ0) is 14.2. The normalized spacial score (nSPS) is 10.5. The third-order valence-corrected chi connectivity index (χ3v) is 3.34. The molecule has 0 spiro atoms. The molecule has 0 aliphatic heterocycles. The molecule has 1 heterocycles. The average molecular weight is 269 g/mol. The first-order valence-electron chi connectivity index (χ1n) is 7.33. The number of aromatic nitrogens is 1. The van der Waals surface area contributed by atoms with Gasteiger partial charge in [0, 0.05) is 18.4 Å². The number of rotatable bonds is 7. The van der Waals surface area contributed by atoms with E-state index in [1.165, 1.54) is 17.7 Å². The Morgan fingerprint density at radius 3 is 2.60 bits per heavy atom. The van der Waals surface area contributed by atoms with Crippen LogP contribution in [0.2, 0.25) is 0 Å². The van der Waals surface area contributed by atoms with E-state index in [4.69, 9.17) is 5.73 Å². The second-order valence-electron chi connectivity index (χ2n) is 4.87. The fourth-order valence-corrected chi connectivity index (χ4v) is 2.31. The Balaban J connectivity index is 2.36. The average Bonchev–Trinajstić information content (AvgIpc) is 2.50. The highest BCUT2D eigenvalue weighted by atomic mass is 15.2. The first kappa shape index (κ1) is 14.5. The lowest BCUT2D eigenvalue weighted by Gasteiger charge is -2.26. The van der Waals surface area contributed by atoms with Crippen LogP contribution in [0.1, 0.15) is 25.3 Å². The molecule has 0 saturated carbocycles. The van der Waals surface area contributed by atoms with Gasteiger partial charge in [-0.25, -0.2) is 4.98 Å². The maximum atomic E-state index is 5.72. The van der Waals surface area contributed by atoms with Gasteiger partial charge < -0.3 is 10.6 Å². The van der Waals surface area contributed by atoms with E-state index in [1.54, 1.807) is 0 Å². The number of anilines is 2. The number of unbranched alkanes of at least 4 members (excludes halogenated alkanes) is 1. The second-order valence-corrected chi connectivity index (χ2v) is 4.87. The van der Waals surface area contributed by atoms with Crippen molar-refractivity contribution in [2.75, 3.05) is 18.0 Å². The smallest absolute Gasteiger partial charge is 0.136 e. The highest BCUT2D eigenvalue weighted by molar-refractivity contribution is 5.62. The van der Waals surface area contributed by atoms with Gasteiger partial charge >= 0.3 is 0 Å². The van der Waals surface area contributed by atoms with Gasteiger partial charge in [0.2, 0.25) is 0 Å². The molecule has 20 heavy (non-hydrogen) atoms. The van der Waals surface area contributed by atoms with Crippen LogP contribution < -0.4 is 10.6 Å². The lowest BCUT2D eigenvalue weighted by atomic mass is 10.1. The van der Waals surface area contributed by atoms with E-state index in [0.717, 1.165) is 25.2 Å². The largest absolute Gasteiger partial charge is 0.330 e. The van der Waals surface area contributed by atoms with Crippen molar-refractivity contribution in [2.24, 2.45) is 5.73 Å². The van der Waals surface area contributed by atoms with Crippen molar-refractivity contribution in [3.8, 4) is 0 Å². The number of pyridine rings is 1. The predicted octanol–water partition coefficient (Wildman–Crippen LogP) is 3.52. The minimum atomic E-state index is 0.648. The second kappa shape index (κ2) is 7.65. The zero-order valence-corrected chi connectivity index (χ0v) is 12.1. The molecule has 0 amide bonds. The summed E-state index contributed by atoms with van der Waals surface area (Å²) in [5, 5.41) is 0. The monoisotopic (exact) mass is 269 g/mol. The number of hydrogen-bond donors (Lipinski definition) is 1. The predicted molar refractivity (Wildman–Crippen MR) is 85.4 cm³/mol. The van der Waals surface area contributed by atoms with Gasteiger partial charge in [0.05, 0.1) is 0 Å². The van der Waals surface area contributed by atoms with Crippen LogP contribution in [0, 0.1) is 0 Å². The molecular weight excluding hydrogens is 246 g/mol. The summed E-state index contributed by atoms with van der Waals surface area (Å²) in [6.07, 6.45) is 5.03. The van der Waals surface area contributed by atoms with E-state index in [-0.39, 0.29) is 0 Å². The molecule has 0 aliphatic carbocycles. The van der Waals surface area contributed by atoms with E-state index in [9.17, 15) is 0 Å². The number of benzene rings is 1. The van der Waals surface area contributed by atoms with Crippen molar-refractivity contribution in [1.29, 1.82) is 0 Å². The Labute approximate surface area is 121 Å². The molecule has 2 aromatic rings. The molecular formula is C17H23N3. The summed E-state index contributed by atoms with van der Waals surface area (Å²) in [5.74, 6) is 1.04. The molecule has 1 aromatic heterocycles. The highest BCUT2D eigenvalue weighted by Crippen LogP contribution is 2.27. The minimum absolute atomic E-state index is 0.648. The summed E-state index contributed by atoms with van der Waals surface area (Å²) >= 11 is 0. The molecule has 3 nitrogen and oxygen atoms in total. The van der Waals surface area contributed by atoms with Gasteiger partial charge in [0.15, 0.2) is 0 Å². The van der Waals surface area contributed by atoms with Crippen LogP contribution >= 0.6 is 0 Å². The van der Waals surface area contributed by atoms with E-state index in [1.807, 2.05) is 18.3 Å². The van der Waals surface area contributed by atoms with Crippen molar-refractivity contribution in [3.05, 3.63) is 54.2 Å². The Bertz CT molecular complexity index is 511. The number of hydrogen-bond acceptors (Lipinski definition) is 3. The van der Waals surface area contributed by atoms with Crippen molar-refractivity contribution < 1.29 is 0 Å². The first-order chi connectivity index (χ1) is 9.86. The molecule has 0 radical (unpaired) electrons. The minimum Gasteiger partial charge on any atom is -0.330 e. The van der Waals surface area contributed by atoms with Crippen molar-refractivity contribution in [1.82, 2.24) is 4.98 Å². The third kappa shape index (κ3) is 3.58. The highest BCUT2D eigenvalue weighted by Gasteiger charge is 2.13. The maximum absolute atomic E-state index is 5.72. The molecule has 106 valence electrons. The summed E-state index contributed by atoms with van der Waals surface area (Å²) in [4.78, 5) is 6.90. The molecule has 0 bridgehead atoms. The Morgan fingerprint density at radius 1 is 1.10 bits per heavy atom. The molecule has 3 heteroatoms. The zero-order valence-electron chi connectivity index (χ0n) is 12.1. The van der Waals surface area contributed by atoms with Crippen molar-refractivity contribution in [2.45, 2.75) is 26.2 Å². The number of nitrogens with two attached hydrogens (primary N) is 1. The summed E-state index contributed by atoms with van der Waals surface area (Å²) in [5.41, 5.74) is 8.13. The number of para-hydroxylation sites is 1. The van der Waals surface area contributed by atoms with Crippen LogP contribution in [0.3, 0.4) is 0 Å². The van der Waals surface area contributed by atoms with Crippen LogP contribution in [0.25, 0.3) is 0 Å². The first-order valence-corrected chi connectivity index (χ1v) is 7.33. The molecule has 2 N–H and O–H groups in total. The van der Waals surface area contributed by atoms with E-state index < -0.39 is 0 Å². The van der Waals surface area contributed by atoms with E-state index in [2.05, 4.69) is 47.1 Å². The van der Waals surface area contributed by atoms with Gasteiger partial charge in [-0.1, -0.05) is 37.6 Å². The van der Waals surface area contributed by atoms with Gasteiger partial charge in [-0.05, 0) is 43.1 Å². The van der Waals surface area contributed by atoms with Gasteiger partial charge in [-0.15, -0.1) is 0 Å².